The Labute approximate surface area is 161 Å². The van der Waals surface area contributed by atoms with Crippen molar-refractivity contribution in [3.63, 3.8) is 0 Å². The first-order valence-electron chi connectivity index (χ1n) is 9.19. The van der Waals surface area contributed by atoms with Crippen LogP contribution in [0.25, 0.3) is 11.0 Å². The Balaban J connectivity index is 2.12. The fourth-order valence-corrected chi connectivity index (χ4v) is 4.25. The molecule has 2 aromatic heterocycles. The van der Waals surface area contributed by atoms with Crippen LogP contribution in [0, 0.1) is 0 Å². The minimum absolute atomic E-state index is 0.0444. The monoisotopic (exact) mass is 391 g/mol. The Morgan fingerprint density at radius 2 is 1.85 bits per heavy atom. The van der Waals surface area contributed by atoms with Gasteiger partial charge in [-0.15, -0.1) is 0 Å². The second kappa shape index (κ2) is 7.84. The molecule has 2 heterocycles. The average Bonchev–Trinajstić information content (AvgIpc) is 3.16. The van der Waals surface area contributed by atoms with Crippen molar-refractivity contribution >= 4 is 28.7 Å². The summed E-state index contributed by atoms with van der Waals surface area (Å²) in [7, 11) is 3.05. The molecule has 1 fully saturated rings. The summed E-state index contributed by atoms with van der Waals surface area (Å²) < 4.78 is 2.44. The SMILES string of the molecule is CC(C)NC(=O)CSc1nc(C2CCCC2)nc2c1c(=O)n(C)c(=O)n2C. The third kappa shape index (κ3) is 3.92. The Morgan fingerprint density at radius 1 is 1.19 bits per heavy atom. The zero-order chi connectivity index (χ0) is 19.7. The largest absolute Gasteiger partial charge is 0.353 e. The number of hydrogen-bond acceptors (Lipinski definition) is 6. The highest BCUT2D eigenvalue weighted by Gasteiger charge is 2.24. The lowest BCUT2D eigenvalue weighted by atomic mass is 10.1. The van der Waals surface area contributed by atoms with Gasteiger partial charge in [-0.2, -0.15) is 0 Å². The zero-order valence-corrected chi connectivity index (χ0v) is 16.9. The molecule has 0 radical (unpaired) electrons. The van der Waals surface area contributed by atoms with Crippen molar-refractivity contribution in [1.82, 2.24) is 24.4 Å². The van der Waals surface area contributed by atoms with Gasteiger partial charge in [-0.3, -0.25) is 18.7 Å². The summed E-state index contributed by atoms with van der Waals surface area (Å²) in [6.45, 7) is 3.79. The van der Waals surface area contributed by atoms with Gasteiger partial charge >= 0.3 is 5.69 Å². The zero-order valence-electron chi connectivity index (χ0n) is 16.1. The van der Waals surface area contributed by atoms with Crippen LogP contribution in [0.5, 0.6) is 0 Å². The molecule has 1 aliphatic carbocycles. The maximum Gasteiger partial charge on any atom is 0.332 e. The van der Waals surface area contributed by atoms with E-state index in [1.165, 1.54) is 23.4 Å². The van der Waals surface area contributed by atoms with Crippen molar-refractivity contribution in [3.05, 3.63) is 26.7 Å². The van der Waals surface area contributed by atoms with Crippen LogP contribution in [-0.2, 0) is 18.9 Å². The summed E-state index contributed by atoms with van der Waals surface area (Å²) in [4.78, 5) is 46.4. The lowest BCUT2D eigenvalue weighted by Crippen LogP contribution is -2.38. The molecule has 0 atom stereocenters. The first kappa shape index (κ1) is 19.6. The summed E-state index contributed by atoms with van der Waals surface area (Å²) in [5, 5.41) is 3.60. The number of hydrogen-bond donors (Lipinski definition) is 1. The summed E-state index contributed by atoms with van der Waals surface area (Å²) in [5.74, 6) is 0.929. The third-order valence-corrected chi connectivity index (χ3v) is 5.77. The Bertz CT molecular complexity index is 989. The fourth-order valence-electron chi connectivity index (χ4n) is 3.41. The van der Waals surface area contributed by atoms with Gasteiger partial charge in [-0.05, 0) is 26.7 Å². The number of aromatic nitrogens is 4. The van der Waals surface area contributed by atoms with E-state index < -0.39 is 11.2 Å². The van der Waals surface area contributed by atoms with Crippen molar-refractivity contribution in [1.29, 1.82) is 0 Å². The molecule has 1 aliphatic rings. The summed E-state index contributed by atoms with van der Waals surface area (Å²) >= 11 is 1.22. The van der Waals surface area contributed by atoms with Gasteiger partial charge in [0.15, 0.2) is 5.65 Å². The number of carbonyl (C=O) groups is 1. The van der Waals surface area contributed by atoms with E-state index in [1.807, 2.05) is 13.8 Å². The minimum Gasteiger partial charge on any atom is -0.353 e. The number of carbonyl (C=O) groups excluding carboxylic acids is 1. The van der Waals surface area contributed by atoms with Crippen LogP contribution in [0.4, 0.5) is 0 Å². The van der Waals surface area contributed by atoms with Gasteiger partial charge in [-0.25, -0.2) is 14.8 Å². The number of fused-ring (bicyclic) bond motifs is 1. The number of thioether (sulfide) groups is 1. The van der Waals surface area contributed by atoms with E-state index in [2.05, 4.69) is 15.3 Å². The first-order chi connectivity index (χ1) is 12.8. The second-order valence-electron chi connectivity index (χ2n) is 7.28. The molecule has 8 nitrogen and oxygen atoms in total. The number of rotatable bonds is 5. The number of aryl methyl sites for hydroxylation is 1. The van der Waals surface area contributed by atoms with E-state index >= 15 is 0 Å². The van der Waals surface area contributed by atoms with Crippen LogP contribution in [0.15, 0.2) is 14.6 Å². The van der Waals surface area contributed by atoms with Crippen molar-refractivity contribution in [3.8, 4) is 0 Å². The molecule has 0 aliphatic heterocycles. The predicted octanol–water partition coefficient (Wildman–Crippen LogP) is 1.30. The number of nitrogens with zero attached hydrogens (tertiary/aromatic N) is 4. The first-order valence-corrected chi connectivity index (χ1v) is 10.2. The molecule has 27 heavy (non-hydrogen) atoms. The summed E-state index contributed by atoms with van der Waals surface area (Å²) in [6, 6.07) is 0.0444. The Kier molecular flexibility index (Phi) is 5.69. The molecular formula is C18H25N5O3S. The smallest absolute Gasteiger partial charge is 0.332 e. The van der Waals surface area contributed by atoms with Crippen molar-refractivity contribution in [2.45, 2.75) is 56.5 Å². The van der Waals surface area contributed by atoms with Crippen LogP contribution in [0.2, 0.25) is 0 Å². The average molecular weight is 391 g/mol. The molecule has 0 saturated heterocycles. The molecule has 9 heteroatoms. The van der Waals surface area contributed by atoms with Gasteiger partial charge in [0.05, 0.1) is 5.75 Å². The standard InChI is InChI=1S/C18H25N5O3S/c1-10(2)19-12(24)9-27-16-13-15(22(3)18(26)23(4)17(13)25)20-14(21-16)11-7-5-6-8-11/h10-11H,5-9H2,1-4H3,(H,19,24). The molecule has 146 valence electrons. The number of amides is 1. The lowest BCUT2D eigenvalue weighted by molar-refractivity contribution is -0.119. The maximum atomic E-state index is 12.7. The van der Waals surface area contributed by atoms with E-state index in [4.69, 9.17) is 0 Å². The highest BCUT2D eigenvalue weighted by atomic mass is 32.2. The quantitative estimate of drug-likeness (QED) is 0.609. The van der Waals surface area contributed by atoms with Crippen molar-refractivity contribution in [2.75, 3.05) is 5.75 Å². The molecule has 0 spiro atoms. The van der Waals surface area contributed by atoms with E-state index in [0.717, 1.165) is 30.3 Å². The van der Waals surface area contributed by atoms with Gasteiger partial charge in [0.1, 0.15) is 16.2 Å². The van der Waals surface area contributed by atoms with Gasteiger partial charge in [0.25, 0.3) is 5.56 Å². The van der Waals surface area contributed by atoms with Crippen LogP contribution < -0.4 is 16.6 Å². The highest BCUT2D eigenvalue weighted by Crippen LogP contribution is 2.34. The molecule has 2 aromatic rings. The molecule has 0 bridgehead atoms. The van der Waals surface area contributed by atoms with E-state index in [-0.39, 0.29) is 23.6 Å². The normalized spacial score (nSPS) is 15.0. The predicted molar refractivity (Wildman–Crippen MR) is 105 cm³/mol. The molecule has 1 saturated carbocycles. The molecule has 3 rings (SSSR count). The topological polar surface area (TPSA) is 98.9 Å². The molecule has 0 unspecified atom stereocenters. The van der Waals surface area contributed by atoms with Crippen LogP contribution in [-0.4, -0.2) is 36.8 Å². The van der Waals surface area contributed by atoms with E-state index in [0.29, 0.717) is 21.9 Å². The maximum absolute atomic E-state index is 12.7. The summed E-state index contributed by atoms with van der Waals surface area (Å²) in [6.07, 6.45) is 4.26. The number of nitrogens with one attached hydrogen (secondary N) is 1. The van der Waals surface area contributed by atoms with Crippen LogP contribution in [0.3, 0.4) is 0 Å². The van der Waals surface area contributed by atoms with Gasteiger partial charge in [0.2, 0.25) is 5.91 Å². The van der Waals surface area contributed by atoms with Crippen LogP contribution >= 0.6 is 11.8 Å². The Hall–Kier alpha value is -2.16. The highest BCUT2D eigenvalue weighted by molar-refractivity contribution is 8.00. The Morgan fingerprint density at radius 3 is 2.48 bits per heavy atom. The van der Waals surface area contributed by atoms with Gasteiger partial charge in [-0.1, -0.05) is 24.6 Å². The molecule has 1 N–H and O–H groups in total. The van der Waals surface area contributed by atoms with Gasteiger partial charge < -0.3 is 5.32 Å². The molecule has 0 aromatic carbocycles. The molecule has 1 amide bonds. The third-order valence-electron chi connectivity index (χ3n) is 4.79. The minimum atomic E-state index is -0.433. The fraction of sp³-hybridized carbons (Fsp3) is 0.611. The van der Waals surface area contributed by atoms with E-state index in [1.54, 1.807) is 7.05 Å². The summed E-state index contributed by atoms with van der Waals surface area (Å²) in [5.41, 5.74) is -0.512. The van der Waals surface area contributed by atoms with Gasteiger partial charge in [0, 0.05) is 26.1 Å². The second-order valence-corrected chi connectivity index (χ2v) is 8.25. The van der Waals surface area contributed by atoms with Crippen LogP contribution in [0.1, 0.15) is 51.3 Å². The van der Waals surface area contributed by atoms with Crippen molar-refractivity contribution < 1.29 is 4.79 Å². The van der Waals surface area contributed by atoms with Crippen molar-refractivity contribution in [2.24, 2.45) is 14.1 Å². The molecular weight excluding hydrogens is 366 g/mol. The van der Waals surface area contributed by atoms with E-state index in [9.17, 15) is 14.4 Å². The lowest BCUT2D eigenvalue weighted by Gasteiger charge is -2.14.